The minimum Gasteiger partial charge on any atom is -0.479 e. The van der Waals surface area contributed by atoms with Gasteiger partial charge in [0, 0.05) is 25.5 Å². The van der Waals surface area contributed by atoms with Crippen LogP contribution in [0.25, 0.3) is 5.82 Å². The third-order valence-electron chi connectivity index (χ3n) is 5.51. The van der Waals surface area contributed by atoms with E-state index in [1.54, 1.807) is 6.20 Å². The van der Waals surface area contributed by atoms with Gasteiger partial charge in [0.05, 0.1) is 6.10 Å². The van der Waals surface area contributed by atoms with E-state index in [4.69, 9.17) is 14.8 Å². The fraction of sp³-hybridized carbons (Fsp3) is 0.526. The van der Waals surface area contributed by atoms with Gasteiger partial charge in [-0.15, -0.1) is 0 Å². The number of carbonyl (C=O) groups is 1. The molecule has 0 aliphatic carbocycles. The number of nitrogens with zero attached hydrogens (tertiary/aromatic N) is 4. The van der Waals surface area contributed by atoms with Crippen molar-refractivity contribution in [3.8, 4) is 5.82 Å². The normalized spacial score (nSPS) is 24.1. The molecular weight excluding hydrogens is 332 g/mol. The van der Waals surface area contributed by atoms with Gasteiger partial charge in [-0.25, -0.2) is 14.8 Å². The first-order valence-corrected chi connectivity index (χ1v) is 9.22. The summed E-state index contributed by atoms with van der Waals surface area (Å²) in [5.74, 6) is 2.38. The van der Waals surface area contributed by atoms with Crippen molar-refractivity contribution in [3.63, 3.8) is 0 Å². The Hall–Kier alpha value is -2.41. The minimum atomic E-state index is -0.833. The summed E-state index contributed by atoms with van der Waals surface area (Å²) in [6.07, 6.45) is 6.68. The number of aryl methyl sites for hydroxylation is 1. The highest BCUT2D eigenvalue weighted by Gasteiger charge is 2.36. The molecule has 1 N–H and O–H groups in total. The number of hydrogen-bond acceptors (Lipinski definition) is 5. The first kappa shape index (κ1) is 17.0. The van der Waals surface area contributed by atoms with E-state index in [1.165, 1.54) is 0 Å². The van der Waals surface area contributed by atoms with E-state index >= 15 is 0 Å². The molecule has 2 aromatic heterocycles. The molecule has 0 amide bonds. The van der Waals surface area contributed by atoms with Gasteiger partial charge >= 0.3 is 5.97 Å². The Morgan fingerprint density at radius 1 is 1.19 bits per heavy atom. The highest BCUT2D eigenvalue weighted by atomic mass is 16.5. The van der Waals surface area contributed by atoms with Gasteiger partial charge in [-0.1, -0.05) is 6.07 Å². The molecule has 0 bridgehead atoms. The number of imidazole rings is 1. The van der Waals surface area contributed by atoms with E-state index in [-0.39, 0.29) is 6.10 Å². The molecule has 2 atom stereocenters. The smallest absolute Gasteiger partial charge is 0.332 e. The third-order valence-corrected chi connectivity index (χ3v) is 5.51. The molecule has 2 aromatic rings. The highest BCUT2D eigenvalue weighted by molar-refractivity contribution is 5.72. The van der Waals surface area contributed by atoms with Crippen molar-refractivity contribution in [2.24, 2.45) is 5.92 Å². The van der Waals surface area contributed by atoms with Crippen molar-refractivity contribution in [1.82, 2.24) is 14.5 Å². The molecule has 2 fully saturated rings. The van der Waals surface area contributed by atoms with Crippen LogP contribution in [-0.4, -0.2) is 50.9 Å². The Morgan fingerprint density at radius 3 is 2.62 bits per heavy atom. The van der Waals surface area contributed by atoms with Crippen LogP contribution in [0.3, 0.4) is 0 Å². The van der Waals surface area contributed by atoms with Crippen LogP contribution < -0.4 is 4.90 Å². The average molecular weight is 356 g/mol. The number of carboxylic acids is 1. The number of piperidine rings is 1. The molecule has 7 nitrogen and oxygen atoms in total. The van der Waals surface area contributed by atoms with E-state index in [1.807, 2.05) is 35.9 Å². The first-order valence-electron chi connectivity index (χ1n) is 9.22. The van der Waals surface area contributed by atoms with Gasteiger partial charge in [0.25, 0.3) is 0 Å². The van der Waals surface area contributed by atoms with Crippen LogP contribution in [0, 0.1) is 12.8 Å². The van der Waals surface area contributed by atoms with Crippen molar-refractivity contribution in [1.29, 1.82) is 0 Å². The van der Waals surface area contributed by atoms with Crippen LogP contribution >= 0.6 is 0 Å². The molecule has 0 radical (unpaired) electrons. The van der Waals surface area contributed by atoms with Crippen molar-refractivity contribution in [2.45, 2.75) is 44.8 Å². The fourth-order valence-corrected chi connectivity index (χ4v) is 4.03. The molecule has 26 heavy (non-hydrogen) atoms. The second-order valence-corrected chi connectivity index (χ2v) is 7.10. The molecule has 0 saturated carbocycles. The number of rotatable bonds is 4. The largest absolute Gasteiger partial charge is 0.479 e. The lowest BCUT2D eigenvalue weighted by molar-refractivity contribution is -0.150. The Labute approximate surface area is 152 Å². The van der Waals surface area contributed by atoms with Crippen LogP contribution in [0.2, 0.25) is 0 Å². The van der Waals surface area contributed by atoms with E-state index in [0.717, 1.165) is 49.8 Å². The lowest BCUT2D eigenvalue weighted by Crippen LogP contribution is -2.38. The molecule has 4 rings (SSSR count). The van der Waals surface area contributed by atoms with Crippen molar-refractivity contribution >= 4 is 11.8 Å². The lowest BCUT2D eigenvalue weighted by Gasteiger charge is -2.35. The Balaban J connectivity index is 1.40. The van der Waals surface area contributed by atoms with Gasteiger partial charge in [-0.2, -0.15) is 0 Å². The number of hydrogen-bond donors (Lipinski definition) is 1. The van der Waals surface area contributed by atoms with Gasteiger partial charge in [0.15, 0.2) is 6.10 Å². The summed E-state index contributed by atoms with van der Waals surface area (Å²) in [5, 5.41) is 9.10. The molecule has 0 spiro atoms. The van der Waals surface area contributed by atoms with Gasteiger partial charge in [-0.05, 0) is 50.7 Å². The Morgan fingerprint density at radius 2 is 1.96 bits per heavy atom. The third kappa shape index (κ3) is 3.31. The molecule has 2 aliphatic rings. The molecule has 138 valence electrons. The maximum Gasteiger partial charge on any atom is 0.332 e. The maximum absolute atomic E-state index is 11.1. The minimum absolute atomic E-state index is 0.0890. The maximum atomic E-state index is 11.1. The van der Waals surface area contributed by atoms with Crippen LogP contribution in [0.15, 0.2) is 30.6 Å². The van der Waals surface area contributed by atoms with Gasteiger partial charge in [0.2, 0.25) is 0 Å². The predicted octanol–water partition coefficient (Wildman–Crippen LogP) is 2.42. The number of aliphatic carboxylic acids is 1. The van der Waals surface area contributed by atoms with Crippen LogP contribution in [0.4, 0.5) is 5.82 Å². The molecule has 0 aromatic carbocycles. The van der Waals surface area contributed by atoms with Crippen LogP contribution in [0.1, 0.15) is 31.5 Å². The zero-order chi connectivity index (χ0) is 18.1. The summed E-state index contributed by atoms with van der Waals surface area (Å²) in [7, 11) is 0. The first-order chi connectivity index (χ1) is 12.6. The molecule has 0 unspecified atom stereocenters. The van der Waals surface area contributed by atoms with Crippen LogP contribution in [0.5, 0.6) is 0 Å². The topological polar surface area (TPSA) is 80.5 Å². The number of carboxylic acid groups (broad SMARTS) is 1. The summed E-state index contributed by atoms with van der Waals surface area (Å²) in [4.78, 5) is 22.4. The van der Waals surface area contributed by atoms with Crippen molar-refractivity contribution in [2.75, 3.05) is 18.0 Å². The molecule has 4 heterocycles. The highest BCUT2D eigenvalue weighted by Crippen LogP contribution is 2.33. The number of pyridine rings is 1. The molecule has 7 heteroatoms. The summed E-state index contributed by atoms with van der Waals surface area (Å²) < 4.78 is 7.72. The van der Waals surface area contributed by atoms with Crippen LogP contribution in [-0.2, 0) is 9.53 Å². The average Bonchev–Trinajstić information content (AvgIpc) is 3.31. The lowest BCUT2D eigenvalue weighted by atomic mass is 9.90. The Kier molecular flexibility index (Phi) is 4.63. The van der Waals surface area contributed by atoms with Crippen molar-refractivity contribution in [3.05, 3.63) is 36.4 Å². The standard InChI is InChI=1S/C19H24N4O3/c1-13-20-9-12-23(13)18-4-2-3-17(21-18)22-10-7-14(8-11-22)15-5-6-16(26-15)19(24)25/h2-4,9,12,14-16H,5-8,10-11H2,1H3,(H,24,25)/t15-,16+/m0/s1. The monoisotopic (exact) mass is 356 g/mol. The summed E-state index contributed by atoms with van der Waals surface area (Å²) in [5.41, 5.74) is 0. The summed E-state index contributed by atoms with van der Waals surface area (Å²) in [6.45, 7) is 3.80. The quantitative estimate of drug-likeness (QED) is 0.906. The number of ether oxygens (including phenoxy) is 1. The second kappa shape index (κ2) is 7.07. The van der Waals surface area contributed by atoms with E-state index < -0.39 is 12.1 Å². The van der Waals surface area contributed by atoms with E-state index in [0.29, 0.717) is 12.3 Å². The zero-order valence-electron chi connectivity index (χ0n) is 14.9. The van der Waals surface area contributed by atoms with Crippen molar-refractivity contribution < 1.29 is 14.6 Å². The zero-order valence-corrected chi connectivity index (χ0v) is 14.9. The second-order valence-electron chi connectivity index (χ2n) is 7.10. The van der Waals surface area contributed by atoms with Gasteiger partial charge < -0.3 is 14.7 Å². The van der Waals surface area contributed by atoms with Gasteiger partial charge in [-0.3, -0.25) is 4.57 Å². The summed E-state index contributed by atoms with van der Waals surface area (Å²) >= 11 is 0. The molecular formula is C19H24N4O3. The number of anilines is 1. The number of aromatic nitrogens is 3. The summed E-state index contributed by atoms with van der Waals surface area (Å²) in [6, 6.07) is 6.06. The van der Waals surface area contributed by atoms with Gasteiger partial charge in [0.1, 0.15) is 17.5 Å². The molecule has 2 saturated heterocycles. The van der Waals surface area contributed by atoms with E-state index in [2.05, 4.69) is 9.88 Å². The molecule has 2 aliphatic heterocycles. The predicted molar refractivity (Wildman–Crippen MR) is 96.6 cm³/mol. The van der Waals surface area contributed by atoms with E-state index in [9.17, 15) is 4.79 Å². The Bertz CT molecular complexity index is 783. The SMILES string of the molecule is Cc1nccn1-c1cccc(N2CCC([C@@H]3CC[C@H](C(=O)O)O3)CC2)n1. The fourth-order valence-electron chi connectivity index (χ4n) is 4.03.